The van der Waals surface area contributed by atoms with Crippen LogP contribution in [0.1, 0.15) is 30.6 Å². The topological polar surface area (TPSA) is 115 Å². The van der Waals surface area contributed by atoms with Crippen LogP contribution in [0.3, 0.4) is 0 Å². The number of nitrogens with one attached hydrogen (secondary N) is 1. The minimum atomic E-state index is -1.25. The smallest absolute Gasteiger partial charge is 0.337 e. The van der Waals surface area contributed by atoms with E-state index in [-0.39, 0.29) is 22.5 Å². The molecule has 1 aromatic rings. The van der Waals surface area contributed by atoms with E-state index in [2.05, 4.69) is 10.3 Å². The summed E-state index contributed by atoms with van der Waals surface area (Å²) < 4.78 is 5.02. The van der Waals surface area contributed by atoms with E-state index in [9.17, 15) is 14.9 Å². The second kappa shape index (κ2) is 6.98. The van der Waals surface area contributed by atoms with E-state index >= 15 is 0 Å². The lowest BCUT2D eigenvalue weighted by atomic mass is 9.90. The quantitative estimate of drug-likeness (QED) is 0.558. The van der Waals surface area contributed by atoms with E-state index in [0.29, 0.717) is 13.2 Å². The van der Waals surface area contributed by atoms with Crippen molar-refractivity contribution in [3.63, 3.8) is 0 Å². The molecule has 116 valence electrons. The van der Waals surface area contributed by atoms with Crippen LogP contribution >= 0.6 is 0 Å². The fourth-order valence-electron chi connectivity index (χ4n) is 1.64. The van der Waals surface area contributed by atoms with Gasteiger partial charge in [0.15, 0.2) is 0 Å². The number of carboxylic acids is 1. The van der Waals surface area contributed by atoms with Gasteiger partial charge in [0.25, 0.3) is 0 Å². The van der Waals surface area contributed by atoms with Crippen molar-refractivity contribution in [2.75, 3.05) is 25.6 Å². The summed E-state index contributed by atoms with van der Waals surface area (Å²) in [6.45, 7) is 5.03. The van der Waals surface area contributed by atoms with Crippen molar-refractivity contribution in [1.29, 1.82) is 0 Å². The molecule has 0 saturated carbocycles. The number of aromatic carboxylic acids is 1. The Bertz CT molecular complexity index is 531. The van der Waals surface area contributed by atoms with E-state index in [1.807, 2.05) is 13.8 Å². The zero-order valence-corrected chi connectivity index (χ0v) is 12.3. The van der Waals surface area contributed by atoms with E-state index in [1.165, 1.54) is 0 Å². The molecule has 0 fully saturated rings. The first-order valence-electron chi connectivity index (χ1n) is 6.37. The molecule has 21 heavy (non-hydrogen) atoms. The minimum Gasteiger partial charge on any atom is -0.478 e. The highest BCUT2D eigenvalue weighted by Crippen LogP contribution is 2.26. The summed E-state index contributed by atoms with van der Waals surface area (Å²) in [4.78, 5) is 25.0. The summed E-state index contributed by atoms with van der Waals surface area (Å²) in [6.07, 6.45) is 1.87. The van der Waals surface area contributed by atoms with Gasteiger partial charge in [-0.1, -0.05) is 13.8 Å². The average molecular weight is 297 g/mol. The van der Waals surface area contributed by atoms with Gasteiger partial charge < -0.3 is 15.2 Å². The number of methoxy groups -OCH3 is 1. The summed E-state index contributed by atoms with van der Waals surface area (Å²) >= 11 is 0. The van der Waals surface area contributed by atoms with Gasteiger partial charge in [-0.15, -0.1) is 0 Å². The zero-order valence-electron chi connectivity index (χ0n) is 12.3. The summed E-state index contributed by atoms with van der Waals surface area (Å²) in [5.41, 5.74) is -0.708. The first kappa shape index (κ1) is 16.8. The molecule has 0 amide bonds. The molecule has 0 aliphatic carbocycles. The Morgan fingerprint density at radius 2 is 2.24 bits per heavy atom. The lowest BCUT2D eigenvalue weighted by molar-refractivity contribution is -0.384. The number of nitrogens with zero attached hydrogens (tertiary/aromatic N) is 2. The van der Waals surface area contributed by atoms with E-state index < -0.39 is 10.9 Å². The molecule has 0 saturated heterocycles. The number of carboxylic acid groups (broad SMARTS) is 1. The van der Waals surface area contributed by atoms with Crippen LogP contribution in [-0.2, 0) is 4.74 Å². The van der Waals surface area contributed by atoms with Crippen molar-refractivity contribution in [3.05, 3.63) is 27.9 Å². The highest BCUT2D eigenvalue weighted by molar-refractivity contribution is 5.88. The fourth-order valence-corrected chi connectivity index (χ4v) is 1.64. The number of nitro groups is 1. The maximum absolute atomic E-state index is 11.0. The Kier molecular flexibility index (Phi) is 5.60. The van der Waals surface area contributed by atoms with Crippen molar-refractivity contribution in [2.24, 2.45) is 5.41 Å². The van der Waals surface area contributed by atoms with Gasteiger partial charge in [0, 0.05) is 32.5 Å². The molecular weight excluding hydrogens is 278 g/mol. The van der Waals surface area contributed by atoms with Gasteiger partial charge in [-0.3, -0.25) is 10.1 Å². The Morgan fingerprint density at radius 1 is 1.57 bits per heavy atom. The molecule has 0 aliphatic rings. The molecule has 8 heteroatoms. The molecule has 0 aromatic carbocycles. The van der Waals surface area contributed by atoms with Crippen LogP contribution < -0.4 is 5.32 Å². The molecule has 0 bridgehead atoms. The number of hydrogen-bond acceptors (Lipinski definition) is 6. The van der Waals surface area contributed by atoms with E-state index in [4.69, 9.17) is 9.84 Å². The molecular formula is C13H19N3O5. The number of rotatable bonds is 8. The van der Waals surface area contributed by atoms with E-state index in [1.54, 1.807) is 7.11 Å². The highest BCUT2D eigenvalue weighted by Gasteiger charge is 2.22. The van der Waals surface area contributed by atoms with Gasteiger partial charge in [0.2, 0.25) is 5.82 Å². The SMILES string of the molecule is COCCC(C)(C)CNc1ncc(C(=O)O)cc1[N+](=O)[O-]. The maximum Gasteiger partial charge on any atom is 0.337 e. The van der Waals surface area contributed by atoms with Crippen LogP contribution in [-0.4, -0.2) is 41.2 Å². The lowest BCUT2D eigenvalue weighted by Crippen LogP contribution is -2.25. The summed E-state index contributed by atoms with van der Waals surface area (Å²) in [6, 6.07) is 1.000. The van der Waals surface area contributed by atoms with Gasteiger partial charge >= 0.3 is 11.7 Å². The molecule has 0 spiro atoms. The lowest BCUT2D eigenvalue weighted by Gasteiger charge is -2.24. The second-order valence-corrected chi connectivity index (χ2v) is 5.41. The number of aromatic nitrogens is 1. The molecule has 1 rings (SSSR count). The van der Waals surface area contributed by atoms with Crippen LogP contribution in [0.4, 0.5) is 11.5 Å². The molecule has 0 aliphatic heterocycles. The predicted octanol–water partition coefficient (Wildman–Crippen LogP) is 2.16. The van der Waals surface area contributed by atoms with Crippen LogP contribution in [0.2, 0.25) is 0 Å². The van der Waals surface area contributed by atoms with Crippen LogP contribution in [0.15, 0.2) is 12.3 Å². The Balaban J connectivity index is 2.88. The van der Waals surface area contributed by atoms with Crippen molar-refractivity contribution >= 4 is 17.5 Å². The normalized spacial score (nSPS) is 11.2. The number of carbonyl (C=O) groups is 1. The molecule has 1 heterocycles. The molecule has 8 nitrogen and oxygen atoms in total. The second-order valence-electron chi connectivity index (χ2n) is 5.41. The van der Waals surface area contributed by atoms with Gasteiger partial charge in [0.1, 0.15) is 0 Å². The van der Waals surface area contributed by atoms with Gasteiger partial charge in [-0.05, 0) is 11.8 Å². The van der Waals surface area contributed by atoms with Crippen molar-refractivity contribution < 1.29 is 19.6 Å². The summed E-state index contributed by atoms with van der Waals surface area (Å²) in [7, 11) is 1.61. The molecule has 2 N–H and O–H groups in total. The number of pyridine rings is 1. The minimum absolute atomic E-state index is 0.0653. The highest BCUT2D eigenvalue weighted by atomic mass is 16.6. The van der Waals surface area contributed by atoms with Gasteiger partial charge in [-0.2, -0.15) is 0 Å². The average Bonchev–Trinajstić information content (AvgIpc) is 2.42. The van der Waals surface area contributed by atoms with Crippen LogP contribution in [0, 0.1) is 15.5 Å². The van der Waals surface area contributed by atoms with Crippen LogP contribution in [0.5, 0.6) is 0 Å². The van der Waals surface area contributed by atoms with Gasteiger partial charge in [0.05, 0.1) is 10.5 Å². The largest absolute Gasteiger partial charge is 0.478 e. The van der Waals surface area contributed by atoms with Crippen molar-refractivity contribution in [3.8, 4) is 0 Å². The van der Waals surface area contributed by atoms with E-state index in [0.717, 1.165) is 18.7 Å². The van der Waals surface area contributed by atoms with Crippen molar-refractivity contribution in [2.45, 2.75) is 20.3 Å². The summed E-state index contributed by atoms with van der Waals surface area (Å²) in [5, 5.41) is 22.8. The third kappa shape index (κ3) is 4.99. The van der Waals surface area contributed by atoms with Crippen molar-refractivity contribution in [1.82, 2.24) is 4.98 Å². The molecule has 0 radical (unpaired) electrons. The maximum atomic E-state index is 11.0. The Labute approximate surface area is 122 Å². The standard InChI is InChI=1S/C13H19N3O5/c1-13(2,4-5-21-3)8-15-11-10(16(19)20)6-9(7-14-11)12(17)18/h6-7H,4-5,8H2,1-3H3,(H,14,15)(H,17,18). The Hall–Kier alpha value is -2.22. The zero-order chi connectivity index (χ0) is 16.0. The number of anilines is 1. The molecule has 0 atom stereocenters. The fraction of sp³-hybridized carbons (Fsp3) is 0.538. The molecule has 0 unspecified atom stereocenters. The summed E-state index contributed by atoms with van der Waals surface area (Å²) in [5.74, 6) is -1.19. The van der Waals surface area contributed by atoms with Crippen LogP contribution in [0.25, 0.3) is 0 Å². The third-order valence-corrected chi connectivity index (χ3v) is 3.03. The third-order valence-electron chi connectivity index (χ3n) is 3.03. The predicted molar refractivity (Wildman–Crippen MR) is 76.6 cm³/mol. The first-order valence-corrected chi connectivity index (χ1v) is 6.37. The number of hydrogen-bond donors (Lipinski definition) is 2. The monoisotopic (exact) mass is 297 g/mol. The van der Waals surface area contributed by atoms with Gasteiger partial charge in [-0.25, -0.2) is 9.78 Å². The Morgan fingerprint density at radius 3 is 2.76 bits per heavy atom. The first-order chi connectivity index (χ1) is 9.76. The molecule has 1 aromatic heterocycles. The number of ether oxygens (including phenoxy) is 1.